The van der Waals surface area contributed by atoms with Gasteiger partial charge in [-0.3, -0.25) is 9.42 Å². The van der Waals surface area contributed by atoms with Gasteiger partial charge in [0.05, 0.1) is 19.9 Å². The molecule has 1 aromatic rings. The topological polar surface area (TPSA) is 80.7 Å². The number of phosphoric acid groups is 1. The summed E-state index contributed by atoms with van der Waals surface area (Å²) in [6, 6.07) is 7.20. The van der Waals surface area contributed by atoms with Crippen LogP contribution < -0.4 is 4.52 Å². The monoisotopic (exact) mass is 610 g/mol. The SMILES string of the molecule is CCCCCCCCCCCCCCCCOCC(COP(=O)(O)Oc1cccc(CN2C=CN(C)C2)c1)OCCC. The third-order valence-electron chi connectivity index (χ3n) is 7.37. The van der Waals surface area contributed by atoms with E-state index in [0.29, 0.717) is 32.1 Å². The number of ether oxygens (including phenoxy) is 2. The van der Waals surface area contributed by atoms with Crippen molar-refractivity contribution in [3.63, 3.8) is 0 Å². The van der Waals surface area contributed by atoms with Crippen LogP contribution in [0.25, 0.3) is 0 Å². The molecular weight excluding hydrogens is 551 g/mol. The van der Waals surface area contributed by atoms with Crippen molar-refractivity contribution in [2.75, 3.05) is 40.1 Å². The predicted molar refractivity (Wildman–Crippen MR) is 171 cm³/mol. The molecule has 0 radical (unpaired) electrons. The fourth-order valence-corrected chi connectivity index (χ4v) is 5.79. The number of benzene rings is 1. The largest absolute Gasteiger partial charge is 0.527 e. The van der Waals surface area contributed by atoms with Crippen molar-refractivity contribution in [2.45, 2.75) is 123 Å². The third kappa shape index (κ3) is 18.2. The van der Waals surface area contributed by atoms with E-state index in [-0.39, 0.29) is 6.61 Å². The van der Waals surface area contributed by atoms with E-state index in [2.05, 4.69) is 16.7 Å². The lowest BCUT2D eigenvalue weighted by Crippen LogP contribution is -2.26. The zero-order valence-corrected chi connectivity index (χ0v) is 27.6. The second kappa shape index (κ2) is 22.9. The molecule has 1 aromatic carbocycles. The Labute approximate surface area is 256 Å². The molecule has 0 aliphatic carbocycles. The molecule has 2 unspecified atom stereocenters. The molecule has 0 fully saturated rings. The van der Waals surface area contributed by atoms with Gasteiger partial charge in [-0.15, -0.1) is 0 Å². The Morgan fingerprint density at radius 2 is 1.48 bits per heavy atom. The number of rotatable bonds is 27. The molecule has 1 heterocycles. The van der Waals surface area contributed by atoms with Crippen LogP contribution in [-0.2, 0) is 25.1 Å². The Kier molecular flexibility index (Phi) is 20.0. The van der Waals surface area contributed by atoms with Crippen molar-refractivity contribution in [2.24, 2.45) is 0 Å². The van der Waals surface area contributed by atoms with Gasteiger partial charge >= 0.3 is 7.82 Å². The zero-order chi connectivity index (χ0) is 30.3. The summed E-state index contributed by atoms with van der Waals surface area (Å²) < 4.78 is 35.0. The zero-order valence-electron chi connectivity index (χ0n) is 26.7. The quantitative estimate of drug-likeness (QED) is 0.0783. The molecule has 42 heavy (non-hydrogen) atoms. The van der Waals surface area contributed by atoms with Gasteiger partial charge < -0.3 is 23.8 Å². The van der Waals surface area contributed by atoms with E-state index >= 15 is 0 Å². The standard InChI is InChI=1S/C33H59N2O6P/c1-4-6-7-8-9-10-11-12-13-14-15-16-17-18-25-38-28-33(39-24-5-2)29-40-42(36,37)41-32-21-19-20-31(26-32)27-35-23-22-34(3)30-35/h19-23,26,33H,4-18,24-25,27-30H2,1-3H3,(H,36,37). The minimum Gasteiger partial charge on any atom is -0.404 e. The molecule has 8 nitrogen and oxygen atoms in total. The van der Waals surface area contributed by atoms with E-state index < -0.39 is 13.9 Å². The molecule has 0 aromatic heterocycles. The van der Waals surface area contributed by atoms with E-state index in [1.165, 1.54) is 77.0 Å². The smallest absolute Gasteiger partial charge is 0.404 e. The highest BCUT2D eigenvalue weighted by atomic mass is 31.2. The van der Waals surface area contributed by atoms with E-state index in [9.17, 15) is 9.46 Å². The predicted octanol–water partition coefficient (Wildman–Crippen LogP) is 8.65. The molecule has 0 saturated carbocycles. The molecule has 0 amide bonds. The second-order valence-electron chi connectivity index (χ2n) is 11.6. The molecule has 2 atom stereocenters. The summed E-state index contributed by atoms with van der Waals surface area (Å²) in [6.45, 7) is 7.22. The molecule has 1 N–H and O–H groups in total. The van der Waals surface area contributed by atoms with Crippen LogP contribution in [0.15, 0.2) is 36.7 Å². The first-order valence-electron chi connectivity index (χ1n) is 16.5. The van der Waals surface area contributed by atoms with Gasteiger partial charge in [0.1, 0.15) is 11.9 Å². The van der Waals surface area contributed by atoms with Crippen molar-refractivity contribution >= 4 is 7.82 Å². The van der Waals surface area contributed by atoms with Gasteiger partial charge in [0.25, 0.3) is 0 Å². The first-order chi connectivity index (χ1) is 20.4. The van der Waals surface area contributed by atoms with Gasteiger partial charge in [0, 0.05) is 39.2 Å². The van der Waals surface area contributed by atoms with E-state index in [1.54, 1.807) is 12.1 Å². The Morgan fingerprint density at radius 1 is 0.833 bits per heavy atom. The van der Waals surface area contributed by atoms with Crippen molar-refractivity contribution in [1.82, 2.24) is 9.80 Å². The van der Waals surface area contributed by atoms with Crippen LogP contribution in [-0.4, -0.2) is 60.9 Å². The maximum atomic E-state index is 12.7. The van der Waals surface area contributed by atoms with Gasteiger partial charge in [-0.05, 0) is 30.5 Å². The molecule has 0 saturated heterocycles. The lowest BCUT2D eigenvalue weighted by Gasteiger charge is -2.20. The highest BCUT2D eigenvalue weighted by Gasteiger charge is 2.26. The molecule has 0 spiro atoms. The minimum atomic E-state index is -4.31. The maximum Gasteiger partial charge on any atom is 0.527 e. The number of hydrogen-bond donors (Lipinski definition) is 1. The highest BCUT2D eigenvalue weighted by Crippen LogP contribution is 2.44. The summed E-state index contributed by atoms with van der Waals surface area (Å²) in [5, 5.41) is 0. The van der Waals surface area contributed by atoms with Gasteiger partial charge in [0.15, 0.2) is 0 Å². The third-order valence-corrected chi connectivity index (χ3v) is 8.29. The van der Waals surface area contributed by atoms with Gasteiger partial charge in [0.2, 0.25) is 0 Å². The lowest BCUT2D eigenvalue weighted by molar-refractivity contribution is -0.0413. The Morgan fingerprint density at radius 3 is 2.07 bits per heavy atom. The average Bonchev–Trinajstić information content (AvgIpc) is 3.37. The highest BCUT2D eigenvalue weighted by molar-refractivity contribution is 7.47. The number of unbranched alkanes of at least 4 members (excludes halogenated alkanes) is 13. The van der Waals surface area contributed by atoms with E-state index in [4.69, 9.17) is 18.5 Å². The van der Waals surface area contributed by atoms with Gasteiger partial charge in [-0.1, -0.05) is 109 Å². The molecular formula is C33H59N2O6P. The Hall–Kier alpha value is -1.57. The van der Waals surface area contributed by atoms with Crippen molar-refractivity contribution in [1.29, 1.82) is 0 Å². The molecule has 1 aliphatic heterocycles. The average molecular weight is 611 g/mol. The van der Waals surface area contributed by atoms with Gasteiger partial charge in [-0.2, -0.15) is 0 Å². The van der Waals surface area contributed by atoms with Crippen LogP contribution in [0.4, 0.5) is 0 Å². The van der Waals surface area contributed by atoms with Crippen molar-refractivity contribution < 1.29 is 28.0 Å². The summed E-state index contributed by atoms with van der Waals surface area (Å²) in [6.07, 6.45) is 23.0. The maximum absolute atomic E-state index is 12.7. The molecule has 1 aliphatic rings. The van der Waals surface area contributed by atoms with E-state index in [1.807, 2.05) is 38.5 Å². The fourth-order valence-electron chi connectivity index (χ4n) is 5.01. The van der Waals surface area contributed by atoms with Crippen LogP contribution in [0.2, 0.25) is 0 Å². The van der Waals surface area contributed by atoms with Crippen LogP contribution in [0.3, 0.4) is 0 Å². The summed E-state index contributed by atoms with van der Waals surface area (Å²) in [5.41, 5.74) is 0.980. The summed E-state index contributed by atoms with van der Waals surface area (Å²) in [5.74, 6) is 0.301. The first kappa shape index (κ1) is 36.6. The summed E-state index contributed by atoms with van der Waals surface area (Å²) in [7, 11) is -2.30. The van der Waals surface area contributed by atoms with Crippen LogP contribution in [0, 0.1) is 0 Å². The van der Waals surface area contributed by atoms with E-state index in [0.717, 1.165) is 31.5 Å². The van der Waals surface area contributed by atoms with Crippen LogP contribution in [0.5, 0.6) is 5.75 Å². The molecule has 9 heteroatoms. The van der Waals surface area contributed by atoms with Crippen molar-refractivity contribution in [3.8, 4) is 5.75 Å². The van der Waals surface area contributed by atoms with Crippen molar-refractivity contribution in [3.05, 3.63) is 42.2 Å². The number of hydrogen-bond acceptors (Lipinski definition) is 7. The Bertz CT molecular complexity index is 886. The van der Waals surface area contributed by atoms with Crippen LogP contribution in [0.1, 0.15) is 116 Å². The molecule has 0 bridgehead atoms. The summed E-state index contributed by atoms with van der Waals surface area (Å²) >= 11 is 0. The Balaban J connectivity index is 1.56. The fraction of sp³-hybridized carbons (Fsp3) is 0.758. The van der Waals surface area contributed by atoms with Crippen LogP contribution >= 0.6 is 7.82 Å². The number of phosphoric ester groups is 1. The second-order valence-corrected chi connectivity index (χ2v) is 13.0. The molecule has 2 rings (SSSR count). The minimum absolute atomic E-state index is 0.0723. The summed E-state index contributed by atoms with van der Waals surface area (Å²) in [4.78, 5) is 14.6. The molecule has 242 valence electrons. The number of nitrogens with zero attached hydrogens (tertiary/aromatic N) is 2. The van der Waals surface area contributed by atoms with Gasteiger partial charge in [-0.25, -0.2) is 4.57 Å². The normalized spacial score (nSPS) is 15.3. The lowest BCUT2D eigenvalue weighted by atomic mass is 10.0. The first-order valence-corrected chi connectivity index (χ1v) is 18.0.